The Balaban J connectivity index is 1.95. The number of hydrogen-bond acceptors (Lipinski definition) is 1. The normalized spacial score (nSPS) is 15.1. The Bertz CT molecular complexity index is 948. The summed E-state index contributed by atoms with van der Waals surface area (Å²) in [6, 6.07) is 28.1. The molecule has 0 atom stereocenters. The summed E-state index contributed by atoms with van der Waals surface area (Å²) in [5.74, 6) is 0.0645. The molecule has 1 heteroatoms. The van der Waals surface area contributed by atoms with Crippen LogP contribution in [-0.2, 0) is 0 Å². The molecule has 1 aliphatic rings. The van der Waals surface area contributed by atoms with Gasteiger partial charge in [-0.05, 0) is 40.0 Å². The van der Waals surface area contributed by atoms with Crippen LogP contribution in [0.2, 0.25) is 0 Å². The van der Waals surface area contributed by atoms with Gasteiger partial charge in [0, 0.05) is 5.56 Å². The van der Waals surface area contributed by atoms with Gasteiger partial charge in [-0.1, -0.05) is 84.9 Å². The van der Waals surface area contributed by atoms with Gasteiger partial charge in [0.1, 0.15) is 0 Å². The van der Waals surface area contributed by atoms with E-state index >= 15 is 0 Å². The zero-order valence-corrected chi connectivity index (χ0v) is 13.1. The van der Waals surface area contributed by atoms with Gasteiger partial charge in [-0.3, -0.25) is 4.79 Å². The lowest BCUT2D eigenvalue weighted by atomic mass is 9.82. The molecule has 3 aromatic rings. The first kappa shape index (κ1) is 14.4. The fourth-order valence-electron chi connectivity index (χ4n) is 3.09. The SMILES string of the molecule is O=C1C=C(c2ccccc2)/C(=C\c2ccccc2)c2ccccc21. The van der Waals surface area contributed by atoms with Gasteiger partial charge in [0.2, 0.25) is 0 Å². The molecule has 3 aromatic carbocycles. The number of benzene rings is 3. The first-order chi connectivity index (χ1) is 11.8. The van der Waals surface area contributed by atoms with Crippen molar-refractivity contribution >= 4 is 23.0 Å². The predicted octanol–water partition coefficient (Wildman–Crippen LogP) is 5.51. The van der Waals surface area contributed by atoms with Crippen molar-refractivity contribution in [3.8, 4) is 0 Å². The second-order valence-electron chi connectivity index (χ2n) is 5.80. The number of hydrogen-bond donors (Lipinski definition) is 0. The highest BCUT2D eigenvalue weighted by atomic mass is 16.1. The Hall–Kier alpha value is -3.19. The van der Waals surface area contributed by atoms with Crippen LogP contribution < -0.4 is 0 Å². The summed E-state index contributed by atoms with van der Waals surface area (Å²) in [5.41, 5.74) is 6.00. The predicted molar refractivity (Wildman–Crippen MR) is 99.5 cm³/mol. The number of ketones is 1. The van der Waals surface area contributed by atoms with Crippen LogP contribution in [0.4, 0.5) is 0 Å². The van der Waals surface area contributed by atoms with E-state index in [0.29, 0.717) is 0 Å². The summed E-state index contributed by atoms with van der Waals surface area (Å²) in [7, 11) is 0. The Labute approximate surface area is 141 Å². The maximum Gasteiger partial charge on any atom is 0.187 e. The lowest BCUT2D eigenvalue weighted by molar-refractivity contribution is 0.104. The van der Waals surface area contributed by atoms with Gasteiger partial charge in [0.05, 0.1) is 0 Å². The second-order valence-corrected chi connectivity index (χ2v) is 5.80. The molecule has 0 bridgehead atoms. The van der Waals surface area contributed by atoms with Crippen LogP contribution in [0.5, 0.6) is 0 Å². The molecule has 0 N–H and O–H groups in total. The Kier molecular flexibility index (Phi) is 3.68. The minimum Gasteiger partial charge on any atom is -0.289 e. The molecular formula is C23H16O. The van der Waals surface area contributed by atoms with Crippen molar-refractivity contribution < 1.29 is 4.79 Å². The molecule has 0 spiro atoms. The lowest BCUT2D eigenvalue weighted by Gasteiger charge is -2.20. The van der Waals surface area contributed by atoms with Crippen LogP contribution >= 0.6 is 0 Å². The van der Waals surface area contributed by atoms with E-state index in [1.165, 1.54) is 0 Å². The molecule has 0 saturated heterocycles. The number of rotatable bonds is 2. The van der Waals surface area contributed by atoms with Gasteiger partial charge < -0.3 is 0 Å². The quantitative estimate of drug-likeness (QED) is 0.610. The van der Waals surface area contributed by atoms with Crippen LogP contribution in [0.25, 0.3) is 17.2 Å². The zero-order chi connectivity index (χ0) is 16.4. The average Bonchev–Trinajstić information content (AvgIpc) is 2.65. The second kappa shape index (κ2) is 6.13. The molecular weight excluding hydrogens is 292 g/mol. The molecule has 0 unspecified atom stereocenters. The molecule has 0 aliphatic heterocycles. The monoisotopic (exact) mass is 308 g/mol. The molecule has 0 amide bonds. The number of allylic oxidation sites excluding steroid dienone is 3. The number of carbonyl (C=O) groups is 1. The van der Waals surface area contributed by atoms with Crippen molar-refractivity contribution in [2.75, 3.05) is 0 Å². The minimum absolute atomic E-state index is 0.0645. The third kappa shape index (κ3) is 2.61. The van der Waals surface area contributed by atoms with E-state index in [9.17, 15) is 4.79 Å². The van der Waals surface area contributed by atoms with Gasteiger partial charge in [0.15, 0.2) is 5.78 Å². The van der Waals surface area contributed by atoms with Crippen LogP contribution in [0.15, 0.2) is 91.0 Å². The lowest BCUT2D eigenvalue weighted by Crippen LogP contribution is -2.08. The Morgan fingerprint density at radius 3 is 1.92 bits per heavy atom. The topological polar surface area (TPSA) is 17.1 Å². The van der Waals surface area contributed by atoms with Gasteiger partial charge >= 0.3 is 0 Å². The molecule has 114 valence electrons. The Morgan fingerprint density at radius 2 is 1.21 bits per heavy atom. The first-order valence-electron chi connectivity index (χ1n) is 8.01. The van der Waals surface area contributed by atoms with E-state index in [2.05, 4.69) is 18.2 Å². The highest BCUT2D eigenvalue weighted by molar-refractivity contribution is 6.26. The van der Waals surface area contributed by atoms with Gasteiger partial charge in [-0.25, -0.2) is 0 Å². The smallest absolute Gasteiger partial charge is 0.187 e. The third-order valence-corrected chi connectivity index (χ3v) is 4.24. The molecule has 0 radical (unpaired) electrons. The summed E-state index contributed by atoms with van der Waals surface area (Å²) >= 11 is 0. The highest BCUT2D eigenvalue weighted by Crippen LogP contribution is 2.38. The summed E-state index contributed by atoms with van der Waals surface area (Å²) in [6.07, 6.45) is 3.91. The standard InChI is InChI=1S/C23H16O/c24-23-16-21(18-11-5-2-6-12-18)22(15-17-9-3-1-4-10-17)19-13-7-8-14-20(19)23/h1-16H/b22-15-. The van der Waals surface area contributed by atoms with Crippen molar-refractivity contribution in [1.82, 2.24) is 0 Å². The van der Waals surface area contributed by atoms with Crippen molar-refractivity contribution in [3.05, 3.63) is 113 Å². The minimum atomic E-state index is 0.0645. The molecule has 24 heavy (non-hydrogen) atoms. The fourth-order valence-corrected chi connectivity index (χ4v) is 3.09. The van der Waals surface area contributed by atoms with E-state index in [1.54, 1.807) is 6.08 Å². The molecule has 1 aliphatic carbocycles. The summed E-state index contributed by atoms with van der Waals surface area (Å²) in [6.45, 7) is 0. The van der Waals surface area contributed by atoms with Crippen LogP contribution in [0.3, 0.4) is 0 Å². The van der Waals surface area contributed by atoms with E-state index in [4.69, 9.17) is 0 Å². The van der Waals surface area contributed by atoms with Crippen LogP contribution in [0, 0.1) is 0 Å². The summed E-state index contributed by atoms with van der Waals surface area (Å²) < 4.78 is 0. The molecule has 4 rings (SSSR count). The zero-order valence-electron chi connectivity index (χ0n) is 13.1. The van der Waals surface area contributed by atoms with E-state index in [1.807, 2.05) is 72.8 Å². The van der Waals surface area contributed by atoms with E-state index in [-0.39, 0.29) is 5.78 Å². The first-order valence-corrected chi connectivity index (χ1v) is 8.01. The average molecular weight is 308 g/mol. The van der Waals surface area contributed by atoms with Gasteiger partial charge in [-0.2, -0.15) is 0 Å². The van der Waals surface area contributed by atoms with E-state index in [0.717, 1.165) is 33.4 Å². The van der Waals surface area contributed by atoms with Crippen molar-refractivity contribution in [3.63, 3.8) is 0 Å². The summed E-state index contributed by atoms with van der Waals surface area (Å²) in [5, 5.41) is 0. The summed E-state index contributed by atoms with van der Waals surface area (Å²) in [4.78, 5) is 12.6. The maximum atomic E-state index is 12.6. The maximum absolute atomic E-state index is 12.6. The molecule has 1 nitrogen and oxygen atoms in total. The van der Waals surface area contributed by atoms with Crippen molar-refractivity contribution in [2.45, 2.75) is 0 Å². The Morgan fingerprint density at radius 1 is 0.625 bits per heavy atom. The van der Waals surface area contributed by atoms with Crippen molar-refractivity contribution in [2.24, 2.45) is 0 Å². The number of fused-ring (bicyclic) bond motifs is 1. The van der Waals surface area contributed by atoms with Crippen LogP contribution in [-0.4, -0.2) is 5.78 Å². The van der Waals surface area contributed by atoms with Crippen molar-refractivity contribution in [1.29, 1.82) is 0 Å². The fraction of sp³-hybridized carbons (Fsp3) is 0. The molecule has 0 aromatic heterocycles. The molecule has 0 fully saturated rings. The van der Waals surface area contributed by atoms with Crippen LogP contribution in [0.1, 0.15) is 27.0 Å². The molecule has 0 saturated carbocycles. The largest absolute Gasteiger partial charge is 0.289 e. The van der Waals surface area contributed by atoms with Gasteiger partial charge in [0.25, 0.3) is 0 Å². The third-order valence-electron chi connectivity index (χ3n) is 4.24. The van der Waals surface area contributed by atoms with E-state index < -0.39 is 0 Å². The van der Waals surface area contributed by atoms with Gasteiger partial charge in [-0.15, -0.1) is 0 Å². The number of carbonyl (C=O) groups excluding carboxylic acids is 1. The molecule has 0 heterocycles. The highest BCUT2D eigenvalue weighted by Gasteiger charge is 2.22.